The minimum absolute atomic E-state index is 0.245. The molecule has 0 amide bonds. The van der Waals surface area contributed by atoms with Gasteiger partial charge in [0, 0.05) is 12.1 Å². The zero-order chi connectivity index (χ0) is 11.5. The second kappa shape index (κ2) is 4.84. The van der Waals surface area contributed by atoms with Crippen LogP contribution >= 0.6 is 0 Å². The third-order valence-electron chi connectivity index (χ3n) is 3.73. The van der Waals surface area contributed by atoms with Gasteiger partial charge in [0.15, 0.2) is 0 Å². The Hall–Kier alpha value is -0.0800. The normalized spacial score (nSPS) is 23.8. The average molecular weight is 212 g/mol. The molecule has 90 valence electrons. The minimum atomic E-state index is 0.245. The van der Waals surface area contributed by atoms with E-state index >= 15 is 0 Å². The van der Waals surface area contributed by atoms with Crippen molar-refractivity contribution in [3.8, 4) is 0 Å². The summed E-state index contributed by atoms with van der Waals surface area (Å²) in [6, 6.07) is 0. The van der Waals surface area contributed by atoms with E-state index in [1.165, 1.54) is 38.9 Å². The molecule has 0 aliphatic carbocycles. The summed E-state index contributed by atoms with van der Waals surface area (Å²) in [4.78, 5) is 2.62. The Morgan fingerprint density at radius 1 is 1.20 bits per heavy atom. The van der Waals surface area contributed by atoms with Crippen LogP contribution in [-0.4, -0.2) is 37.1 Å². The van der Waals surface area contributed by atoms with Crippen molar-refractivity contribution in [2.45, 2.75) is 52.5 Å². The maximum Gasteiger partial charge on any atom is 0.0249 e. The van der Waals surface area contributed by atoms with Gasteiger partial charge in [0.2, 0.25) is 0 Å². The maximum atomic E-state index is 3.39. The third kappa shape index (κ3) is 4.52. The van der Waals surface area contributed by atoms with Crippen molar-refractivity contribution >= 4 is 0 Å². The van der Waals surface area contributed by atoms with E-state index in [1.807, 2.05) is 0 Å². The van der Waals surface area contributed by atoms with Crippen molar-refractivity contribution < 1.29 is 0 Å². The van der Waals surface area contributed by atoms with Crippen LogP contribution in [0, 0.1) is 5.41 Å². The first-order valence-electron chi connectivity index (χ1n) is 6.26. The Morgan fingerprint density at radius 3 is 2.47 bits per heavy atom. The quantitative estimate of drug-likeness (QED) is 0.773. The van der Waals surface area contributed by atoms with Crippen LogP contribution in [0.3, 0.4) is 0 Å². The lowest BCUT2D eigenvalue weighted by atomic mass is 9.85. The number of hydrogen-bond donors (Lipinski definition) is 1. The number of nitrogens with one attached hydrogen (secondary N) is 1. The number of likely N-dealkylation sites (N-methyl/N-ethyl adjacent to an activating group) is 1. The first kappa shape index (κ1) is 13.0. The molecule has 0 aromatic rings. The minimum Gasteiger partial charge on any atom is -0.314 e. The zero-order valence-corrected chi connectivity index (χ0v) is 11.2. The fourth-order valence-electron chi connectivity index (χ4n) is 2.27. The van der Waals surface area contributed by atoms with Gasteiger partial charge in [0.1, 0.15) is 0 Å². The molecule has 0 saturated carbocycles. The summed E-state index contributed by atoms with van der Waals surface area (Å²) in [5.41, 5.74) is 0.799. The van der Waals surface area contributed by atoms with Gasteiger partial charge in [0.25, 0.3) is 0 Å². The number of hydrogen-bond acceptors (Lipinski definition) is 2. The van der Waals surface area contributed by atoms with Gasteiger partial charge in [-0.3, -0.25) is 0 Å². The van der Waals surface area contributed by atoms with Crippen LogP contribution in [0.1, 0.15) is 47.0 Å². The molecule has 0 bridgehead atoms. The van der Waals surface area contributed by atoms with E-state index in [1.54, 1.807) is 0 Å². The maximum absolute atomic E-state index is 3.39. The predicted molar refractivity (Wildman–Crippen MR) is 67.2 cm³/mol. The first-order valence-corrected chi connectivity index (χ1v) is 6.26. The van der Waals surface area contributed by atoms with Crippen molar-refractivity contribution in [3.63, 3.8) is 0 Å². The molecule has 1 fully saturated rings. The molecule has 1 aliphatic rings. The Balaban J connectivity index is 2.45. The molecule has 1 N–H and O–H groups in total. The fraction of sp³-hybridized carbons (Fsp3) is 1.00. The molecular formula is C13H28N2. The molecule has 0 spiro atoms. The van der Waals surface area contributed by atoms with Crippen LogP contribution in [0.4, 0.5) is 0 Å². The molecule has 1 saturated heterocycles. The van der Waals surface area contributed by atoms with Gasteiger partial charge in [0.05, 0.1) is 0 Å². The van der Waals surface area contributed by atoms with E-state index in [4.69, 9.17) is 0 Å². The molecule has 1 rings (SSSR count). The molecule has 2 nitrogen and oxygen atoms in total. The van der Waals surface area contributed by atoms with Gasteiger partial charge in [-0.05, 0) is 58.7 Å². The molecule has 0 unspecified atom stereocenters. The molecule has 0 atom stereocenters. The second-order valence-corrected chi connectivity index (χ2v) is 6.43. The van der Waals surface area contributed by atoms with E-state index in [0.717, 1.165) is 0 Å². The lowest BCUT2D eigenvalue weighted by molar-refractivity contribution is 0.205. The zero-order valence-electron chi connectivity index (χ0n) is 11.2. The molecule has 1 aliphatic heterocycles. The summed E-state index contributed by atoms with van der Waals surface area (Å²) in [6.45, 7) is 13.1. The summed E-state index contributed by atoms with van der Waals surface area (Å²) in [5.74, 6) is 0. The van der Waals surface area contributed by atoms with Crippen LogP contribution in [0.25, 0.3) is 0 Å². The SMILES string of the molecule is CNC(C)(C)CN1CCCC(C)(C)CC1. The number of nitrogens with zero attached hydrogens (tertiary/aromatic N) is 1. The van der Waals surface area contributed by atoms with Gasteiger partial charge in [-0.25, -0.2) is 0 Å². The van der Waals surface area contributed by atoms with E-state index in [9.17, 15) is 0 Å². The monoisotopic (exact) mass is 212 g/mol. The van der Waals surface area contributed by atoms with Crippen LogP contribution in [-0.2, 0) is 0 Å². The van der Waals surface area contributed by atoms with Crippen LogP contribution in [0.15, 0.2) is 0 Å². The predicted octanol–water partition coefficient (Wildman–Crippen LogP) is 2.50. The van der Waals surface area contributed by atoms with Crippen molar-refractivity contribution in [3.05, 3.63) is 0 Å². The van der Waals surface area contributed by atoms with Crippen molar-refractivity contribution in [1.82, 2.24) is 10.2 Å². The highest BCUT2D eigenvalue weighted by molar-refractivity contribution is 4.83. The summed E-state index contributed by atoms with van der Waals surface area (Å²) in [5, 5.41) is 3.39. The van der Waals surface area contributed by atoms with Gasteiger partial charge >= 0.3 is 0 Å². The third-order valence-corrected chi connectivity index (χ3v) is 3.73. The highest BCUT2D eigenvalue weighted by atomic mass is 15.2. The van der Waals surface area contributed by atoms with Crippen molar-refractivity contribution in [2.75, 3.05) is 26.7 Å². The molecule has 0 aromatic carbocycles. The first-order chi connectivity index (χ1) is 6.85. The molecule has 1 heterocycles. The van der Waals surface area contributed by atoms with Gasteiger partial charge in [-0.1, -0.05) is 13.8 Å². The Labute approximate surface area is 95.4 Å². The van der Waals surface area contributed by atoms with Crippen LogP contribution in [0.5, 0.6) is 0 Å². The second-order valence-electron chi connectivity index (χ2n) is 6.43. The fourth-order valence-corrected chi connectivity index (χ4v) is 2.27. The highest BCUT2D eigenvalue weighted by Crippen LogP contribution is 2.30. The lowest BCUT2D eigenvalue weighted by Crippen LogP contribution is -2.47. The topological polar surface area (TPSA) is 15.3 Å². The average Bonchev–Trinajstić information content (AvgIpc) is 2.28. The largest absolute Gasteiger partial charge is 0.314 e. The van der Waals surface area contributed by atoms with E-state index in [0.29, 0.717) is 5.41 Å². The van der Waals surface area contributed by atoms with Gasteiger partial charge < -0.3 is 10.2 Å². The van der Waals surface area contributed by atoms with Crippen molar-refractivity contribution in [2.24, 2.45) is 5.41 Å². The molecule has 0 aromatic heterocycles. The Bertz CT molecular complexity index is 197. The van der Waals surface area contributed by atoms with Crippen LogP contribution < -0.4 is 5.32 Å². The summed E-state index contributed by atoms with van der Waals surface area (Å²) in [7, 11) is 2.06. The molecule has 2 heteroatoms. The number of likely N-dealkylation sites (tertiary alicyclic amines) is 1. The summed E-state index contributed by atoms with van der Waals surface area (Å²) in [6.07, 6.45) is 4.07. The molecular weight excluding hydrogens is 184 g/mol. The van der Waals surface area contributed by atoms with Gasteiger partial charge in [-0.15, -0.1) is 0 Å². The molecule has 15 heavy (non-hydrogen) atoms. The summed E-state index contributed by atoms with van der Waals surface area (Å²) < 4.78 is 0. The number of rotatable bonds is 3. The van der Waals surface area contributed by atoms with E-state index < -0.39 is 0 Å². The molecule has 0 radical (unpaired) electrons. The van der Waals surface area contributed by atoms with Crippen molar-refractivity contribution in [1.29, 1.82) is 0 Å². The Morgan fingerprint density at radius 2 is 1.87 bits per heavy atom. The van der Waals surface area contributed by atoms with E-state index in [2.05, 4.69) is 45.0 Å². The van der Waals surface area contributed by atoms with E-state index in [-0.39, 0.29) is 5.54 Å². The smallest absolute Gasteiger partial charge is 0.0249 e. The highest BCUT2D eigenvalue weighted by Gasteiger charge is 2.26. The standard InChI is InChI=1S/C13H28N2/c1-12(2)7-6-9-15(10-8-12)11-13(3,4)14-5/h14H,6-11H2,1-5H3. The van der Waals surface area contributed by atoms with Gasteiger partial charge in [-0.2, -0.15) is 0 Å². The lowest BCUT2D eigenvalue weighted by Gasteiger charge is -2.32. The summed E-state index contributed by atoms with van der Waals surface area (Å²) >= 11 is 0. The van der Waals surface area contributed by atoms with Crippen LogP contribution in [0.2, 0.25) is 0 Å². The Kier molecular flexibility index (Phi) is 4.19.